The molecule has 0 fully saturated rings. The topological polar surface area (TPSA) is 47.8 Å². The van der Waals surface area contributed by atoms with Gasteiger partial charge in [-0.15, -0.1) is 0 Å². The van der Waals surface area contributed by atoms with E-state index in [1.54, 1.807) is 18.2 Å². The molecular weight excluding hydrogens is 242 g/mol. The Morgan fingerprint density at radius 3 is 2.94 bits per heavy atom. The van der Waals surface area contributed by atoms with Crippen LogP contribution < -0.4 is 10.6 Å². The van der Waals surface area contributed by atoms with Crippen LogP contribution in [0.2, 0.25) is 5.02 Å². The van der Waals surface area contributed by atoms with Gasteiger partial charge < -0.3 is 10.6 Å². The molecule has 5 heteroatoms. The number of hydrogen-bond donors (Lipinski definition) is 2. The summed E-state index contributed by atoms with van der Waals surface area (Å²) in [6, 6.07) is 7.05. The van der Waals surface area contributed by atoms with E-state index < -0.39 is 0 Å². The molecule has 0 aliphatic carbocycles. The van der Waals surface area contributed by atoms with Crippen molar-refractivity contribution in [3.8, 4) is 6.07 Å². The Morgan fingerprint density at radius 2 is 2.31 bits per heavy atom. The van der Waals surface area contributed by atoms with E-state index in [1.165, 1.54) is 0 Å². The molecule has 3 nitrogen and oxygen atoms in total. The van der Waals surface area contributed by atoms with Crippen molar-refractivity contribution in [1.82, 2.24) is 5.32 Å². The van der Waals surface area contributed by atoms with Crippen molar-refractivity contribution < 1.29 is 0 Å². The van der Waals surface area contributed by atoms with Gasteiger partial charge >= 0.3 is 0 Å². The van der Waals surface area contributed by atoms with Gasteiger partial charge in [0.1, 0.15) is 0 Å². The molecule has 0 aromatic heterocycles. The fourth-order valence-electron chi connectivity index (χ4n) is 1.10. The van der Waals surface area contributed by atoms with Crippen LogP contribution in [0.5, 0.6) is 0 Å². The molecule has 0 aliphatic heterocycles. The maximum absolute atomic E-state index is 8.76. The summed E-state index contributed by atoms with van der Waals surface area (Å²) in [5.41, 5.74) is 1.19. The number of nitriles is 1. The van der Waals surface area contributed by atoms with Crippen LogP contribution in [-0.4, -0.2) is 11.7 Å². The molecule has 0 bridgehead atoms. The highest BCUT2D eigenvalue weighted by molar-refractivity contribution is 7.80. The van der Waals surface area contributed by atoms with Gasteiger partial charge in [0.05, 0.1) is 22.3 Å². The average molecular weight is 254 g/mol. The van der Waals surface area contributed by atoms with E-state index in [4.69, 9.17) is 29.1 Å². The van der Waals surface area contributed by atoms with Crippen molar-refractivity contribution in [2.24, 2.45) is 0 Å². The molecule has 0 radical (unpaired) electrons. The molecule has 16 heavy (non-hydrogen) atoms. The number of nitrogens with zero attached hydrogens (tertiary/aromatic N) is 1. The minimum absolute atomic E-state index is 0.513. The Kier molecular flexibility index (Phi) is 5.03. The highest BCUT2D eigenvalue weighted by atomic mass is 35.5. The van der Waals surface area contributed by atoms with E-state index in [0.29, 0.717) is 21.4 Å². The van der Waals surface area contributed by atoms with Gasteiger partial charge in [0.15, 0.2) is 5.11 Å². The molecule has 1 aromatic carbocycles. The Hall–Kier alpha value is -1.31. The van der Waals surface area contributed by atoms with E-state index in [9.17, 15) is 0 Å². The minimum atomic E-state index is 0.513. The Bertz CT molecular complexity index is 426. The van der Waals surface area contributed by atoms with E-state index in [2.05, 4.69) is 17.6 Å². The van der Waals surface area contributed by atoms with Crippen molar-refractivity contribution in [3.05, 3.63) is 28.8 Å². The summed E-state index contributed by atoms with van der Waals surface area (Å²) in [7, 11) is 0. The molecule has 2 N–H and O–H groups in total. The first kappa shape index (κ1) is 12.8. The maximum Gasteiger partial charge on any atom is 0.170 e. The second-order valence-corrected chi connectivity index (χ2v) is 4.00. The zero-order valence-electron chi connectivity index (χ0n) is 8.88. The molecule has 1 aromatic rings. The molecule has 0 amide bonds. The lowest BCUT2D eigenvalue weighted by atomic mass is 10.2. The van der Waals surface area contributed by atoms with Crippen LogP contribution in [0.4, 0.5) is 5.69 Å². The number of nitrogens with one attached hydrogen (secondary N) is 2. The summed E-state index contributed by atoms with van der Waals surface area (Å²) in [5.74, 6) is 0. The molecule has 0 heterocycles. The first-order valence-corrected chi connectivity index (χ1v) is 5.70. The van der Waals surface area contributed by atoms with Gasteiger partial charge in [-0.1, -0.05) is 18.5 Å². The number of hydrogen-bond acceptors (Lipinski definition) is 2. The largest absolute Gasteiger partial charge is 0.362 e. The van der Waals surface area contributed by atoms with Gasteiger partial charge in [-0.3, -0.25) is 0 Å². The third kappa shape index (κ3) is 3.69. The average Bonchev–Trinajstić information content (AvgIpc) is 2.29. The second kappa shape index (κ2) is 6.31. The van der Waals surface area contributed by atoms with Crippen LogP contribution in [0.15, 0.2) is 18.2 Å². The van der Waals surface area contributed by atoms with Crippen LogP contribution in [0, 0.1) is 11.3 Å². The number of anilines is 1. The number of benzene rings is 1. The predicted molar refractivity (Wildman–Crippen MR) is 70.7 cm³/mol. The van der Waals surface area contributed by atoms with Crippen molar-refractivity contribution in [1.29, 1.82) is 5.26 Å². The van der Waals surface area contributed by atoms with Crippen molar-refractivity contribution >= 4 is 34.6 Å². The fourth-order valence-corrected chi connectivity index (χ4v) is 1.47. The molecule has 0 unspecified atom stereocenters. The van der Waals surface area contributed by atoms with Crippen LogP contribution in [0.25, 0.3) is 0 Å². The molecule has 0 spiro atoms. The minimum Gasteiger partial charge on any atom is -0.362 e. The molecule has 0 atom stereocenters. The normalized spacial score (nSPS) is 9.31. The lowest BCUT2D eigenvalue weighted by Crippen LogP contribution is -2.29. The molecule has 0 saturated carbocycles. The summed E-state index contributed by atoms with van der Waals surface area (Å²) in [6.45, 7) is 2.86. The number of rotatable bonds is 3. The van der Waals surface area contributed by atoms with Gasteiger partial charge in [-0.25, -0.2) is 0 Å². The van der Waals surface area contributed by atoms with Gasteiger partial charge in [0.25, 0.3) is 0 Å². The summed E-state index contributed by atoms with van der Waals surface area (Å²) >= 11 is 11.0. The van der Waals surface area contributed by atoms with Gasteiger partial charge in [-0.2, -0.15) is 5.26 Å². The zero-order chi connectivity index (χ0) is 12.0. The standard InChI is InChI=1S/C11H12ClN3S/c1-2-5-14-11(16)15-10-6-8(7-13)3-4-9(10)12/h3-4,6H,2,5H2,1H3,(H2,14,15,16). The van der Waals surface area contributed by atoms with Gasteiger partial charge in [-0.05, 0) is 36.8 Å². The third-order valence-electron chi connectivity index (χ3n) is 1.88. The molecule has 0 saturated heterocycles. The first-order valence-electron chi connectivity index (χ1n) is 4.92. The Morgan fingerprint density at radius 1 is 1.56 bits per heavy atom. The van der Waals surface area contributed by atoms with Crippen LogP contribution >= 0.6 is 23.8 Å². The SMILES string of the molecule is CCCNC(=S)Nc1cc(C#N)ccc1Cl. The number of thiocarbonyl (C=S) groups is 1. The lowest BCUT2D eigenvalue weighted by molar-refractivity contribution is 0.846. The van der Waals surface area contributed by atoms with E-state index in [0.717, 1.165) is 13.0 Å². The smallest absolute Gasteiger partial charge is 0.170 e. The summed E-state index contributed by atoms with van der Waals surface area (Å²) in [4.78, 5) is 0. The summed E-state index contributed by atoms with van der Waals surface area (Å²) in [5, 5.41) is 15.8. The molecule has 0 aliphatic rings. The summed E-state index contributed by atoms with van der Waals surface area (Å²) < 4.78 is 0. The van der Waals surface area contributed by atoms with Crippen LogP contribution in [0.3, 0.4) is 0 Å². The Balaban J connectivity index is 2.73. The second-order valence-electron chi connectivity index (χ2n) is 3.19. The quantitative estimate of drug-likeness (QED) is 0.814. The highest BCUT2D eigenvalue weighted by Gasteiger charge is 2.03. The molecular formula is C11H12ClN3S. The van der Waals surface area contributed by atoms with Gasteiger partial charge in [0, 0.05) is 6.54 Å². The van der Waals surface area contributed by atoms with E-state index in [-0.39, 0.29) is 0 Å². The van der Waals surface area contributed by atoms with E-state index in [1.807, 2.05) is 6.07 Å². The zero-order valence-corrected chi connectivity index (χ0v) is 10.5. The van der Waals surface area contributed by atoms with Crippen molar-refractivity contribution in [2.45, 2.75) is 13.3 Å². The monoisotopic (exact) mass is 253 g/mol. The van der Waals surface area contributed by atoms with Crippen molar-refractivity contribution in [3.63, 3.8) is 0 Å². The summed E-state index contributed by atoms with van der Waals surface area (Å²) in [6.07, 6.45) is 0.994. The van der Waals surface area contributed by atoms with Gasteiger partial charge in [0.2, 0.25) is 0 Å². The third-order valence-corrected chi connectivity index (χ3v) is 2.46. The van der Waals surface area contributed by atoms with Crippen molar-refractivity contribution in [2.75, 3.05) is 11.9 Å². The maximum atomic E-state index is 8.76. The Labute approximate surface area is 105 Å². The van der Waals surface area contributed by atoms with Crippen LogP contribution in [-0.2, 0) is 0 Å². The molecule has 84 valence electrons. The van der Waals surface area contributed by atoms with Crippen LogP contribution in [0.1, 0.15) is 18.9 Å². The lowest BCUT2D eigenvalue weighted by Gasteiger charge is -2.11. The number of halogens is 1. The predicted octanol–water partition coefficient (Wildman–Crippen LogP) is 2.91. The fraction of sp³-hybridized carbons (Fsp3) is 0.273. The molecule has 1 rings (SSSR count). The van der Waals surface area contributed by atoms with E-state index >= 15 is 0 Å². The first-order chi connectivity index (χ1) is 7.67. The highest BCUT2D eigenvalue weighted by Crippen LogP contribution is 2.22.